The molecular formula is C15H14FNO3S. The molecule has 0 unspecified atom stereocenters. The summed E-state index contributed by atoms with van der Waals surface area (Å²) in [6.45, 7) is 0.144. The van der Waals surface area contributed by atoms with Crippen molar-refractivity contribution in [2.24, 2.45) is 0 Å². The molecule has 0 spiro atoms. The van der Waals surface area contributed by atoms with Crippen molar-refractivity contribution in [2.45, 2.75) is 24.6 Å². The summed E-state index contributed by atoms with van der Waals surface area (Å²) < 4.78 is 40.3. The Labute approximate surface area is 122 Å². The minimum Gasteiger partial charge on any atom is -0.392 e. The summed E-state index contributed by atoms with van der Waals surface area (Å²) >= 11 is 0. The van der Waals surface area contributed by atoms with E-state index in [1.807, 2.05) is 24.3 Å². The number of hydrogen-bond acceptors (Lipinski definition) is 3. The van der Waals surface area contributed by atoms with Crippen molar-refractivity contribution in [1.82, 2.24) is 4.31 Å². The van der Waals surface area contributed by atoms with E-state index in [-0.39, 0.29) is 24.6 Å². The number of aliphatic hydroxyl groups is 1. The lowest BCUT2D eigenvalue weighted by Crippen LogP contribution is -2.26. The van der Waals surface area contributed by atoms with Crippen LogP contribution in [0.3, 0.4) is 0 Å². The van der Waals surface area contributed by atoms with Crippen LogP contribution in [-0.4, -0.2) is 17.8 Å². The van der Waals surface area contributed by atoms with E-state index in [1.54, 1.807) is 0 Å². The molecule has 0 saturated heterocycles. The Morgan fingerprint density at radius 2 is 1.71 bits per heavy atom. The fourth-order valence-corrected chi connectivity index (χ4v) is 3.97. The molecule has 4 nitrogen and oxygen atoms in total. The number of sulfonamides is 1. The third kappa shape index (κ3) is 2.46. The quantitative estimate of drug-likeness (QED) is 0.944. The van der Waals surface area contributed by atoms with Gasteiger partial charge in [-0.3, -0.25) is 0 Å². The van der Waals surface area contributed by atoms with Crippen molar-refractivity contribution >= 4 is 10.0 Å². The van der Waals surface area contributed by atoms with Gasteiger partial charge in [-0.2, -0.15) is 4.31 Å². The van der Waals surface area contributed by atoms with Gasteiger partial charge >= 0.3 is 0 Å². The molecule has 110 valence electrons. The van der Waals surface area contributed by atoms with E-state index >= 15 is 0 Å². The van der Waals surface area contributed by atoms with Crippen LogP contribution >= 0.6 is 0 Å². The molecule has 1 heterocycles. The number of fused-ring (bicyclic) bond motifs is 1. The lowest BCUT2D eigenvalue weighted by atomic mass is 10.1. The Kier molecular flexibility index (Phi) is 3.52. The summed E-state index contributed by atoms with van der Waals surface area (Å²) in [6.07, 6.45) is 0. The molecule has 0 aliphatic carbocycles. The van der Waals surface area contributed by atoms with Gasteiger partial charge in [0.05, 0.1) is 6.61 Å². The minimum atomic E-state index is -3.92. The molecule has 6 heteroatoms. The largest absolute Gasteiger partial charge is 0.392 e. The maximum Gasteiger partial charge on any atom is 0.246 e. The van der Waals surface area contributed by atoms with E-state index in [1.165, 1.54) is 16.4 Å². The molecule has 0 saturated carbocycles. The van der Waals surface area contributed by atoms with Crippen LogP contribution in [0.15, 0.2) is 47.4 Å². The molecular weight excluding hydrogens is 293 g/mol. The zero-order chi connectivity index (χ0) is 15.0. The fourth-order valence-electron chi connectivity index (χ4n) is 2.45. The molecule has 0 amide bonds. The lowest BCUT2D eigenvalue weighted by Gasteiger charge is -2.16. The van der Waals surface area contributed by atoms with Crippen LogP contribution < -0.4 is 0 Å². The van der Waals surface area contributed by atoms with Crippen LogP contribution in [0.2, 0.25) is 0 Å². The van der Waals surface area contributed by atoms with E-state index in [9.17, 15) is 12.8 Å². The van der Waals surface area contributed by atoms with Crippen LogP contribution in [0.4, 0.5) is 4.39 Å². The minimum absolute atomic E-state index is 0.237. The molecule has 0 fully saturated rings. The van der Waals surface area contributed by atoms with Gasteiger partial charge in [-0.15, -0.1) is 0 Å². The lowest BCUT2D eigenvalue weighted by molar-refractivity contribution is 0.281. The summed E-state index contributed by atoms with van der Waals surface area (Å²) in [4.78, 5) is -0.387. The van der Waals surface area contributed by atoms with Crippen molar-refractivity contribution in [3.63, 3.8) is 0 Å². The van der Waals surface area contributed by atoms with Crippen molar-refractivity contribution in [3.05, 3.63) is 65.0 Å². The summed E-state index contributed by atoms with van der Waals surface area (Å²) in [5.41, 5.74) is 2.23. The van der Waals surface area contributed by atoms with Crippen LogP contribution in [0.1, 0.15) is 16.7 Å². The Bertz CT molecular complexity index is 764. The van der Waals surface area contributed by atoms with Gasteiger partial charge < -0.3 is 5.11 Å². The third-order valence-corrected chi connectivity index (χ3v) is 5.41. The molecule has 1 aliphatic heterocycles. The predicted octanol–water partition coefficient (Wildman–Crippen LogP) is 2.02. The molecule has 2 aromatic carbocycles. The fraction of sp³-hybridized carbons (Fsp3) is 0.200. The summed E-state index contributed by atoms with van der Waals surface area (Å²) in [5, 5.41) is 9.10. The summed E-state index contributed by atoms with van der Waals surface area (Å²) in [6, 6.07) is 11.1. The number of aliphatic hydroxyl groups excluding tert-OH is 1. The molecule has 0 aromatic heterocycles. The SMILES string of the molecule is O=S(=O)(c1cc(CO)ccc1F)N1Cc2ccccc2C1. The Morgan fingerprint density at radius 1 is 1.10 bits per heavy atom. The highest BCUT2D eigenvalue weighted by atomic mass is 32.2. The van der Waals surface area contributed by atoms with Gasteiger partial charge in [-0.05, 0) is 28.8 Å². The van der Waals surface area contributed by atoms with E-state index in [0.29, 0.717) is 5.56 Å². The first-order valence-electron chi connectivity index (χ1n) is 6.48. The number of hydrogen-bond donors (Lipinski definition) is 1. The number of halogens is 1. The number of rotatable bonds is 3. The maximum absolute atomic E-state index is 13.9. The van der Waals surface area contributed by atoms with Crippen molar-refractivity contribution in [2.75, 3.05) is 0 Å². The van der Waals surface area contributed by atoms with Gasteiger partial charge in [0, 0.05) is 13.1 Å². The van der Waals surface area contributed by atoms with Crippen LogP contribution in [-0.2, 0) is 29.7 Å². The van der Waals surface area contributed by atoms with Gasteiger partial charge in [-0.25, -0.2) is 12.8 Å². The first kappa shape index (κ1) is 14.2. The summed E-state index contributed by atoms with van der Waals surface area (Å²) in [7, 11) is -3.92. The predicted molar refractivity (Wildman–Crippen MR) is 75.2 cm³/mol. The average molecular weight is 307 g/mol. The first-order valence-corrected chi connectivity index (χ1v) is 7.92. The molecule has 0 bridgehead atoms. The van der Waals surface area contributed by atoms with E-state index < -0.39 is 15.8 Å². The summed E-state index contributed by atoms with van der Waals surface area (Å²) in [5.74, 6) is -0.803. The van der Waals surface area contributed by atoms with E-state index in [4.69, 9.17) is 5.11 Å². The zero-order valence-corrected chi connectivity index (χ0v) is 12.0. The van der Waals surface area contributed by atoms with Gasteiger partial charge in [0.2, 0.25) is 10.0 Å². The molecule has 0 radical (unpaired) electrons. The van der Waals surface area contributed by atoms with Gasteiger partial charge in [-0.1, -0.05) is 30.3 Å². The topological polar surface area (TPSA) is 57.6 Å². The molecule has 1 aliphatic rings. The van der Waals surface area contributed by atoms with Crippen molar-refractivity contribution in [1.29, 1.82) is 0 Å². The molecule has 0 atom stereocenters. The molecule has 1 N–H and O–H groups in total. The van der Waals surface area contributed by atoms with Crippen molar-refractivity contribution in [3.8, 4) is 0 Å². The maximum atomic E-state index is 13.9. The Morgan fingerprint density at radius 3 is 2.29 bits per heavy atom. The van der Waals surface area contributed by atoms with E-state index in [0.717, 1.165) is 17.2 Å². The highest BCUT2D eigenvalue weighted by Gasteiger charge is 2.32. The van der Waals surface area contributed by atoms with E-state index in [2.05, 4.69) is 0 Å². The van der Waals surface area contributed by atoms with Crippen LogP contribution in [0.25, 0.3) is 0 Å². The second-order valence-electron chi connectivity index (χ2n) is 4.96. The standard InChI is InChI=1S/C15H14FNO3S/c16-14-6-5-11(10-18)7-15(14)21(19,20)17-8-12-3-1-2-4-13(12)9-17/h1-7,18H,8-10H2. The zero-order valence-electron chi connectivity index (χ0n) is 11.2. The Balaban J connectivity index is 2.00. The highest BCUT2D eigenvalue weighted by molar-refractivity contribution is 7.89. The second-order valence-corrected chi connectivity index (χ2v) is 6.87. The van der Waals surface area contributed by atoms with Gasteiger partial charge in [0.25, 0.3) is 0 Å². The number of benzene rings is 2. The molecule has 21 heavy (non-hydrogen) atoms. The monoisotopic (exact) mass is 307 g/mol. The van der Waals surface area contributed by atoms with Gasteiger partial charge in [0.15, 0.2) is 0 Å². The normalized spacial score (nSPS) is 15.1. The second kappa shape index (κ2) is 5.22. The Hall–Kier alpha value is -1.76. The average Bonchev–Trinajstić information content (AvgIpc) is 2.92. The first-order chi connectivity index (χ1) is 10.0. The van der Waals surface area contributed by atoms with Crippen molar-refractivity contribution < 1.29 is 17.9 Å². The van der Waals surface area contributed by atoms with Crippen LogP contribution in [0, 0.1) is 5.82 Å². The van der Waals surface area contributed by atoms with Crippen LogP contribution in [0.5, 0.6) is 0 Å². The molecule has 3 rings (SSSR count). The smallest absolute Gasteiger partial charge is 0.246 e. The van der Waals surface area contributed by atoms with Gasteiger partial charge in [0.1, 0.15) is 10.7 Å². The highest BCUT2D eigenvalue weighted by Crippen LogP contribution is 2.29. The molecule has 2 aromatic rings. The third-order valence-electron chi connectivity index (χ3n) is 3.61. The number of nitrogens with zero attached hydrogens (tertiary/aromatic N) is 1.